The van der Waals surface area contributed by atoms with Crippen LogP contribution < -0.4 is 10.3 Å². The standard InChI is InChI=1S/C15H12F3N3O2/c1-3-7-19-13(22)12-9(2)20-21(14(12)23)11-6-4-5-10(8-11)15(16,17)18/h1,4-6,8,12H,7H2,2H3,(H,19,22)/t12-/m1/s1. The van der Waals surface area contributed by atoms with E-state index in [0.717, 1.165) is 17.1 Å². The fraction of sp³-hybridized carbons (Fsp3) is 0.267. The Bertz CT molecular complexity index is 719. The van der Waals surface area contributed by atoms with Gasteiger partial charge in [0.2, 0.25) is 5.91 Å². The van der Waals surface area contributed by atoms with Crippen LogP contribution in [0.5, 0.6) is 0 Å². The van der Waals surface area contributed by atoms with Crippen LogP contribution in [0.2, 0.25) is 0 Å². The van der Waals surface area contributed by atoms with Crippen molar-refractivity contribution in [3.8, 4) is 12.3 Å². The number of nitrogens with zero attached hydrogens (tertiary/aromatic N) is 2. The van der Waals surface area contributed by atoms with Gasteiger partial charge in [-0.15, -0.1) is 6.42 Å². The van der Waals surface area contributed by atoms with E-state index in [1.54, 1.807) is 0 Å². The summed E-state index contributed by atoms with van der Waals surface area (Å²) in [5.74, 6) is -0.360. The van der Waals surface area contributed by atoms with Gasteiger partial charge >= 0.3 is 6.18 Å². The third-order valence-electron chi connectivity index (χ3n) is 3.18. The van der Waals surface area contributed by atoms with Gasteiger partial charge in [-0.1, -0.05) is 12.0 Å². The van der Waals surface area contributed by atoms with Gasteiger partial charge in [0.25, 0.3) is 5.91 Å². The Balaban J connectivity index is 2.28. The maximum absolute atomic E-state index is 12.8. The van der Waals surface area contributed by atoms with Gasteiger partial charge in [0, 0.05) is 0 Å². The summed E-state index contributed by atoms with van der Waals surface area (Å²) in [6, 6.07) is 4.17. The van der Waals surface area contributed by atoms with Gasteiger partial charge in [-0.3, -0.25) is 9.59 Å². The summed E-state index contributed by atoms with van der Waals surface area (Å²) in [6.45, 7) is 1.39. The molecule has 1 aliphatic heterocycles. The lowest BCUT2D eigenvalue weighted by molar-refractivity contribution is -0.137. The van der Waals surface area contributed by atoms with Crippen molar-refractivity contribution in [2.24, 2.45) is 11.0 Å². The number of alkyl halides is 3. The molecule has 8 heteroatoms. The minimum absolute atomic E-state index is 0.0561. The van der Waals surface area contributed by atoms with Gasteiger partial charge in [0.15, 0.2) is 5.92 Å². The minimum Gasteiger partial charge on any atom is -0.344 e. The molecule has 5 nitrogen and oxygen atoms in total. The lowest BCUT2D eigenvalue weighted by Crippen LogP contribution is -2.40. The lowest BCUT2D eigenvalue weighted by Gasteiger charge is -2.15. The van der Waals surface area contributed by atoms with Crippen molar-refractivity contribution in [1.29, 1.82) is 0 Å². The summed E-state index contributed by atoms with van der Waals surface area (Å²) in [7, 11) is 0. The lowest BCUT2D eigenvalue weighted by atomic mass is 10.0. The van der Waals surface area contributed by atoms with E-state index in [2.05, 4.69) is 16.3 Å². The largest absolute Gasteiger partial charge is 0.416 e. The molecule has 0 fully saturated rings. The highest BCUT2D eigenvalue weighted by molar-refractivity contribution is 6.26. The van der Waals surface area contributed by atoms with Crippen LogP contribution in [0.15, 0.2) is 29.4 Å². The van der Waals surface area contributed by atoms with Gasteiger partial charge < -0.3 is 5.32 Å². The topological polar surface area (TPSA) is 61.8 Å². The Labute approximate surface area is 130 Å². The first-order valence-corrected chi connectivity index (χ1v) is 6.53. The van der Waals surface area contributed by atoms with Crippen LogP contribution >= 0.6 is 0 Å². The average Bonchev–Trinajstić information content (AvgIpc) is 2.79. The number of hydrogen-bond donors (Lipinski definition) is 1. The number of benzene rings is 1. The minimum atomic E-state index is -4.54. The molecule has 1 aromatic carbocycles. The van der Waals surface area contributed by atoms with Crippen molar-refractivity contribution in [2.75, 3.05) is 11.6 Å². The highest BCUT2D eigenvalue weighted by Crippen LogP contribution is 2.33. The number of hydrazone groups is 1. The second-order valence-electron chi connectivity index (χ2n) is 4.79. The normalized spacial score (nSPS) is 17.7. The molecule has 0 spiro atoms. The first-order valence-electron chi connectivity index (χ1n) is 6.53. The Morgan fingerprint density at radius 1 is 1.48 bits per heavy atom. The number of amides is 2. The van der Waals surface area contributed by atoms with E-state index in [0.29, 0.717) is 0 Å². The first kappa shape index (κ1) is 16.5. The number of terminal acetylenes is 1. The van der Waals surface area contributed by atoms with Gasteiger partial charge in [-0.25, -0.2) is 0 Å². The number of carbonyl (C=O) groups excluding carboxylic acids is 2. The highest BCUT2D eigenvalue weighted by atomic mass is 19.4. The molecule has 120 valence electrons. The summed E-state index contributed by atoms with van der Waals surface area (Å²) in [6.07, 6.45) is 0.483. The molecule has 1 aliphatic rings. The predicted octanol–water partition coefficient (Wildman–Crippen LogP) is 1.79. The maximum Gasteiger partial charge on any atom is 0.416 e. The molecule has 0 saturated heterocycles. The van der Waals surface area contributed by atoms with Crippen LogP contribution in [0.3, 0.4) is 0 Å². The third kappa shape index (κ3) is 3.34. The summed E-state index contributed by atoms with van der Waals surface area (Å²) < 4.78 is 38.3. The zero-order valence-electron chi connectivity index (χ0n) is 12.0. The highest BCUT2D eigenvalue weighted by Gasteiger charge is 2.40. The van der Waals surface area contributed by atoms with Crippen molar-refractivity contribution in [3.63, 3.8) is 0 Å². The Kier molecular flexibility index (Phi) is 4.40. The van der Waals surface area contributed by atoms with Crippen LogP contribution in [0.25, 0.3) is 0 Å². The van der Waals surface area contributed by atoms with Crippen molar-refractivity contribution in [1.82, 2.24) is 5.32 Å². The summed E-state index contributed by atoms with van der Waals surface area (Å²) in [4.78, 5) is 24.2. The number of halogens is 3. The van der Waals surface area contributed by atoms with Gasteiger partial charge in [-0.2, -0.15) is 23.3 Å². The average molecular weight is 323 g/mol. The van der Waals surface area contributed by atoms with Crippen LogP contribution in [0.1, 0.15) is 12.5 Å². The molecule has 0 saturated carbocycles. The molecule has 23 heavy (non-hydrogen) atoms. The number of rotatable bonds is 3. The molecule has 0 unspecified atom stereocenters. The quantitative estimate of drug-likeness (QED) is 0.681. The number of anilines is 1. The van der Waals surface area contributed by atoms with E-state index < -0.39 is 29.5 Å². The molecule has 0 aliphatic carbocycles. The van der Waals surface area contributed by atoms with Gasteiger partial charge in [0.05, 0.1) is 23.5 Å². The molecule has 0 aromatic heterocycles. The molecule has 0 radical (unpaired) electrons. The van der Waals surface area contributed by atoms with E-state index in [1.165, 1.54) is 19.1 Å². The zero-order valence-corrected chi connectivity index (χ0v) is 12.0. The zero-order chi connectivity index (χ0) is 17.2. The van der Waals surface area contributed by atoms with E-state index >= 15 is 0 Å². The molecule has 0 bridgehead atoms. The SMILES string of the molecule is C#CCNC(=O)[C@@H]1C(=O)N(c2cccc(C(F)(F)F)c2)N=C1C. The summed E-state index contributed by atoms with van der Waals surface area (Å²) in [5.41, 5.74) is -0.783. The molecule has 1 aromatic rings. The molecule has 2 rings (SSSR count). The number of carbonyl (C=O) groups is 2. The fourth-order valence-electron chi connectivity index (χ4n) is 2.11. The Hall–Kier alpha value is -2.82. The molecule has 1 atom stereocenters. The molecular formula is C15H12F3N3O2. The van der Waals surface area contributed by atoms with Gasteiger partial charge in [-0.05, 0) is 25.1 Å². The molecule has 1 heterocycles. The van der Waals surface area contributed by atoms with Crippen LogP contribution in [0, 0.1) is 18.3 Å². The first-order chi connectivity index (χ1) is 10.8. The maximum atomic E-state index is 12.8. The third-order valence-corrected chi connectivity index (χ3v) is 3.18. The predicted molar refractivity (Wildman–Crippen MR) is 77.4 cm³/mol. The van der Waals surface area contributed by atoms with E-state index in [1.807, 2.05) is 0 Å². The number of nitrogens with one attached hydrogen (secondary N) is 1. The Morgan fingerprint density at radius 2 is 2.17 bits per heavy atom. The fourth-order valence-corrected chi connectivity index (χ4v) is 2.11. The Morgan fingerprint density at radius 3 is 2.78 bits per heavy atom. The van der Waals surface area contributed by atoms with Crippen molar-refractivity contribution < 1.29 is 22.8 Å². The van der Waals surface area contributed by atoms with E-state index in [-0.39, 0.29) is 17.9 Å². The molecular weight excluding hydrogens is 311 g/mol. The van der Waals surface area contributed by atoms with E-state index in [4.69, 9.17) is 6.42 Å². The monoisotopic (exact) mass is 323 g/mol. The second kappa shape index (κ2) is 6.12. The van der Waals surface area contributed by atoms with Crippen molar-refractivity contribution in [3.05, 3.63) is 29.8 Å². The van der Waals surface area contributed by atoms with Crippen LogP contribution in [-0.4, -0.2) is 24.1 Å². The smallest absolute Gasteiger partial charge is 0.344 e. The number of hydrogen-bond acceptors (Lipinski definition) is 3. The summed E-state index contributed by atoms with van der Waals surface area (Å²) >= 11 is 0. The van der Waals surface area contributed by atoms with Crippen LogP contribution in [-0.2, 0) is 15.8 Å². The molecule has 2 amide bonds. The summed E-state index contributed by atoms with van der Waals surface area (Å²) in [5, 5.41) is 7.05. The van der Waals surface area contributed by atoms with Crippen LogP contribution in [0.4, 0.5) is 18.9 Å². The van der Waals surface area contributed by atoms with Crippen molar-refractivity contribution in [2.45, 2.75) is 13.1 Å². The van der Waals surface area contributed by atoms with Crippen molar-refractivity contribution >= 4 is 23.2 Å². The second-order valence-corrected chi connectivity index (χ2v) is 4.79. The van der Waals surface area contributed by atoms with E-state index in [9.17, 15) is 22.8 Å². The molecule has 1 N–H and O–H groups in total. The van der Waals surface area contributed by atoms with Gasteiger partial charge in [0.1, 0.15) is 0 Å².